The number of amides is 1. The molecule has 5 heteroatoms. The second-order valence-electron chi connectivity index (χ2n) is 4.48. The molecule has 0 aliphatic heterocycles. The molecule has 1 amide bonds. The predicted molar refractivity (Wildman–Crippen MR) is 73.1 cm³/mol. The van der Waals surface area contributed by atoms with Crippen LogP contribution in [0, 0.1) is 0 Å². The van der Waals surface area contributed by atoms with E-state index in [1.807, 2.05) is 33.1 Å². The summed E-state index contributed by atoms with van der Waals surface area (Å²) in [7, 11) is 0. The first kappa shape index (κ1) is 14.2. The lowest BCUT2D eigenvalue weighted by atomic mass is 10.2. The van der Waals surface area contributed by atoms with Gasteiger partial charge in [0, 0.05) is 10.6 Å². The highest BCUT2D eigenvalue weighted by Crippen LogP contribution is 2.28. The molecule has 0 atom stereocenters. The van der Waals surface area contributed by atoms with Gasteiger partial charge in [0.25, 0.3) is 0 Å². The summed E-state index contributed by atoms with van der Waals surface area (Å²) in [5, 5.41) is 3.25. The Morgan fingerprint density at radius 2 is 2.06 bits per heavy atom. The van der Waals surface area contributed by atoms with E-state index < -0.39 is 11.7 Å². The summed E-state index contributed by atoms with van der Waals surface area (Å²) < 4.78 is 5.14. The molecule has 1 aromatic rings. The molecule has 0 unspecified atom stereocenters. The molecule has 17 heavy (non-hydrogen) atoms. The molecule has 0 aliphatic carbocycles. The van der Waals surface area contributed by atoms with Gasteiger partial charge in [-0.3, -0.25) is 5.32 Å². The minimum absolute atomic E-state index is 0.481. The standard InChI is InChI=1S/C12H16ClNO2S/c1-12(2,3)16-11(15)14-8-5-6-10(17-4)9(13)7-8/h5-7H,1-4H3,(H,14,15). The van der Waals surface area contributed by atoms with E-state index in [0.717, 1.165) is 4.90 Å². The fourth-order valence-electron chi connectivity index (χ4n) is 1.17. The minimum atomic E-state index is -0.507. The smallest absolute Gasteiger partial charge is 0.412 e. The lowest BCUT2D eigenvalue weighted by Crippen LogP contribution is -2.27. The van der Waals surface area contributed by atoms with Crippen LogP contribution in [0.4, 0.5) is 10.5 Å². The highest BCUT2D eigenvalue weighted by molar-refractivity contribution is 7.98. The largest absolute Gasteiger partial charge is 0.444 e. The number of rotatable bonds is 2. The number of carbonyl (C=O) groups is 1. The van der Waals surface area contributed by atoms with E-state index in [1.54, 1.807) is 23.9 Å². The van der Waals surface area contributed by atoms with E-state index in [1.165, 1.54) is 0 Å². The number of halogens is 1. The zero-order valence-corrected chi connectivity index (χ0v) is 11.9. The number of nitrogens with one attached hydrogen (secondary N) is 1. The van der Waals surface area contributed by atoms with Crippen molar-refractivity contribution in [1.29, 1.82) is 0 Å². The van der Waals surface area contributed by atoms with Crippen LogP contribution < -0.4 is 5.32 Å². The van der Waals surface area contributed by atoms with Crippen molar-refractivity contribution < 1.29 is 9.53 Å². The van der Waals surface area contributed by atoms with Crippen molar-refractivity contribution in [2.24, 2.45) is 0 Å². The molecule has 0 heterocycles. The van der Waals surface area contributed by atoms with Crippen LogP contribution >= 0.6 is 23.4 Å². The van der Waals surface area contributed by atoms with Crippen LogP contribution in [-0.4, -0.2) is 18.0 Å². The highest BCUT2D eigenvalue weighted by Gasteiger charge is 2.16. The van der Waals surface area contributed by atoms with E-state index in [2.05, 4.69) is 5.32 Å². The molecular weight excluding hydrogens is 258 g/mol. The van der Waals surface area contributed by atoms with E-state index in [9.17, 15) is 4.79 Å². The number of anilines is 1. The van der Waals surface area contributed by atoms with E-state index >= 15 is 0 Å². The van der Waals surface area contributed by atoms with E-state index in [-0.39, 0.29) is 0 Å². The van der Waals surface area contributed by atoms with Crippen LogP contribution in [0.25, 0.3) is 0 Å². The Morgan fingerprint density at radius 3 is 2.53 bits per heavy atom. The Kier molecular flexibility index (Phi) is 4.71. The van der Waals surface area contributed by atoms with Crippen LogP contribution in [0.1, 0.15) is 20.8 Å². The van der Waals surface area contributed by atoms with Gasteiger partial charge < -0.3 is 4.74 Å². The molecule has 0 saturated carbocycles. The zero-order valence-electron chi connectivity index (χ0n) is 10.3. The van der Waals surface area contributed by atoms with Crippen molar-refractivity contribution in [3.63, 3.8) is 0 Å². The van der Waals surface area contributed by atoms with Crippen molar-refractivity contribution >= 4 is 35.1 Å². The summed E-state index contributed by atoms with van der Waals surface area (Å²) in [6.45, 7) is 5.45. The monoisotopic (exact) mass is 273 g/mol. The lowest BCUT2D eigenvalue weighted by Gasteiger charge is -2.19. The first-order chi connectivity index (χ1) is 7.81. The van der Waals surface area contributed by atoms with Gasteiger partial charge in [-0.1, -0.05) is 11.6 Å². The summed E-state index contributed by atoms with van der Waals surface area (Å²) in [5.41, 5.74) is 0.120. The Morgan fingerprint density at radius 1 is 1.41 bits per heavy atom. The zero-order chi connectivity index (χ0) is 13.1. The predicted octanol–water partition coefficient (Wildman–Crippen LogP) is 4.41. The second kappa shape index (κ2) is 5.65. The van der Waals surface area contributed by atoms with Gasteiger partial charge in [0.2, 0.25) is 0 Å². The van der Waals surface area contributed by atoms with Crippen LogP contribution in [-0.2, 0) is 4.74 Å². The molecule has 1 rings (SSSR count). The topological polar surface area (TPSA) is 38.3 Å². The molecule has 0 aromatic heterocycles. The summed E-state index contributed by atoms with van der Waals surface area (Å²) in [6.07, 6.45) is 1.47. The van der Waals surface area contributed by atoms with Crippen molar-refractivity contribution in [2.75, 3.05) is 11.6 Å². The molecule has 0 spiro atoms. The maximum absolute atomic E-state index is 11.5. The average molecular weight is 274 g/mol. The molecule has 0 bridgehead atoms. The normalized spacial score (nSPS) is 11.1. The maximum atomic E-state index is 11.5. The average Bonchev–Trinajstić information content (AvgIpc) is 2.14. The number of thioether (sulfide) groups is 1. The molecule has 1 aromatic carbocycles. The van der Waals surface area contributed by atoms with Gasteiger partial charge >= 0.3 is 6.09 Å². The number of hydrogen-bond donors (Lipinski definition) is 1. The van der Waals surface area contributed by atoms with Gasteiger partial charge in [-0.25, -0.2) is 4.79 Å². The second-order valence-corrected chi connectivity index (χ2v) is 5.73. The van der Waals surface area contributed by atoms with Gasteiger partial charge in [-0.05, 0) is 45.2 Å². The third-order valence-electron chi connectivity index (χ3n) is 1.80. The van der Waals surface area contributed by atoms with Crippen molar-refractivity contribution in [2.45, 2.75) is 31.3 Å². The Bertz CT molecular complexity index is 415. The number of ether oxygens (including phenoxy) is 1. The van der Waals surface area contributed by atoms with E-state index in [4.69, 9.17) is 16.3 Å². The molecule has 0 radical (unpaired) electrons. The number of hydrogen-bond acceptors (Lipinski definition) is 3. The molecule has 1 N–H and O–H groups in total. The fraction of sp³-hybridized carbons (Fsp3) is 0.417. The van der Waals surface area contributed by atoms with Gasteiger partial charge in [0.15, 0.2) is 0 Å². The third kappa shape index (κ3) is 4.88. The third-order valence-corrected chi connectivity index (χ3v) is 3.02. The van der Waals surface area contributed by atoms with Crippen molar-refractivity contribution in [3.05, 3.63) is 23.2 Å². The Hall–Kier alpha value is -0.870. The SMILES string of the molecule is CSc1ccc(NC(=O)OC(C)(C)C)cc1Cl. The molecule has 94 valence electrons. The molecule has 0 fully saturated rings. The Balaban J connectivity index is 2.69. The fourth-order valence-corrected chi connectivity index (χ4v) is 2.04. The van der Waals surface area contributed by atoms with Crippen LogP contribution in [0.3, 0.4) is 0 Å². The summed E-state index contributed by atoms with van der Waals surface area (Å²) in [5.74, 6) is 0. The summed E-state index contributed by atoms with van der Waals surface area (Å²) in [4.78, 5) is 12.5. The summed E-state index contributed by atoms with van der Waals surface area (Å²) in [6, 6.07) is 5.36. The van der Waals surface area contributed by atoms with Gasteiger partial charge in [-0.15, -0.1) is 11.8 Å². The van der Waals surface area contributed by atoms with Gasteiger partial charge in [-0.2, -0.15) is 0 Å². The minimum Gasteiger partial charge on any atom is -0.444 e. The quantitative estimate of drug-likeness (QED) is 0.811. The number of benzene rings is 1. The van der Waals surface area contributed by atoms with Crippen molar-refractivity contribution in [3.8, 4) is 0 Å². The first-order valence-corrected chi connectivity index (χ1v) is 6.75. The number of carbonyl (C=O) groups excluding carboxylic acids is 1. The van der Waals surface area contributed by atoms with Crippen LogP contribution in [0.2, 0.25) is 5.02 Å². The Labute approximate surface area is 111 Å². The van der Waals surface area contributed by atoms with Crippen LogP contribution in [0.5, 0.6) is 0 Å². The summed E-state index contributed by atoms with van der Waals surface area (Å²) >= 11 is 7.59. The first-order valence-electron chi connectivity index (χ1n) is 5.15. The molecule has 0 saturated heterocycles. The van der Waals surface area contributed by atoms with Gasteiger partial charge in [0.1, 0.15) is 5.60 Å². The van der Waals surface area contributed by atoms with Gasteiger partial charge in [0.05, 0.1) is 5.02 Å². The molecule has 3 nitrogen and oxygen atoms in total. The van der Waals surface area contributed by atoms with Crippen molar-refractivity contribution in [1.82, 2.24) is 0 Å². The van der Waals surface area contributed by atoms with E-state index in [0.29, 0.717) is 10.7 Å². The molecular formula is C12H16ClNO2S. The molecule has 0 aliphatic rings. The lowest BCUT2D eigenvalue weighted by molar-refractivity contribution is 0.0636. The van der Waals surface area contributed by atoms with Crippen LogP contribution in [0.15, 0.2) is 23.1 Å². The highest BCUT2D eigenvalue weighted by atomic mass is 35.5. The maximum Gasteiger partial charge on any atom is 0.412 e.